The topological polar surface area (TPSA) is 107 Å². The summed E-state index contributed by atoms with van der Waals surface area (Å²) in [5.74, 6) is -2.13. The number of nitriles is 1. The number of nitrogens with zero attached hydrogens (tertiary/aromatic N) is 1. The zero-order chi connectivity index (χ0) is 15.3. The first-order valence-electron chi connectivity index (χ1n) is 5.97. The van der Waals surface area contributed by atoms with Gasteiger partial charge in [-0.2, -0.15) is 5.26 Å². The largest absolute Gasteiger partial charge is 0.481 e. The van der Waals surface area contributed by atoms with E-state index in [1.165, 1.54) is 26.0 Å². The van der Waals surface area contributed by atoms with Crippen LogP contribution < -0.4 is 4.72 Å². The predicted octanol–water partition coefficient (Wildman–Crippen LogP) is 1.09. The Morgan fingerprint density at radius 3 is 2.35 bits per heavy atom. The Morgan fingerprint density at radius 1 is 1.35 bits per heavy atom. The van der Waals surface area contributed by atoms with Crippen LogP contribution in [0.3, 0.4) is 0 Å². The molecule has 0 saturated carbocycles. The molecule has 20 heavy (non-hydrogen) atoms. The minimum atomic E-state index is -3.63. The van der Waals surface area contributed by atoms with Crippen molar-refractivity contribution >= 4 is 16.0 Å². The summed E-state index contributed by atoms with van der Waals surface area (Å²) in [6.07, 6.45) is 0. The van der Waals surface area contributed by atoms with Crippen LogP contribution in [-0.2, 0) is 20.6 Å². The van der Waals surface area contributed by atoms with E-state index in [-0.39, 0.29) is 5.75 Å². The van der Waals surface area contributed by atoms with E-state index in [0.717, 1.165) is 0 Å². The Hall–Kier alpha value is -1.91. The van der Waals surface area contributed by atoms with Crippen LogP contribution in [0.5, 0.6) is 0 Å². The first-order chi connectivity index (χ1) is 9.25. The molecule has 2 N–H and O–H groups in total. The molecule has 2 atom stereocenters. The molecule has 0 aromatic heterocycles. The SMILES string of the molecule is CC(NS(=O)(=O)Cc1ccc(C#N)cc1)C(C)C(=O)O. The lowest BCUT2D eigenvalue weighted by Gasteiger charge is -2.17. The zero-order valence-electron chi connectivity index (χ0n) is 11.2. The van der Waals surface area contributed by atoms with Gasteiger partial charge < -0.3 is 5.11 Å². The van der Waals surface area contributed by atoms with E-state index in [0.29, 0.717) is 11.1 Å². The normalized spacial score (nSPS) is 14.2. The van der Waals surface area contributed by atoms with Gasteiger partial charge in [0.2, 0.25) is 10.0 Å². The van der Waals surface area contributed by atoms with E-state index < -0.39 is 28.0 Å². The molecular formula is C13H16N2O4S. The fourth-order valence-corrected chi connectivity index (χ4v) is 3.02. The van der Waals surface area contributed by atoms with Crippen LogP contribution in [0.4, 0.5) is 0 Å². The summed E-state index contributed by atoms with van der Waals surface area (Å²) in [5, 5.41) is 17.5. The monoisotopic (exact) mass is 296 g/mol. The first-order valence-corrected chi connectivity index (χ1v) is 7.62. The van der Waals surface area contributed by atoms with E-state index >= 15 is 0 Å². The van der Waals surface area contributed by atoms with Crippen molar-refractivity contribution in [1.82, 2.24) is 4.72 Å². The number of carboxylic acid groups (broad SMARTS) is 1. The van der Waals surface area contributed by atoms with Crippen LogP contribution in [0, 0.1) is 17.2 Å². The number of aliphatic carboxylic acids is 1. The van der Waals surface area contributed by atoms with E-state index in [4.69, 9.17) is 10.4 Å². The Kier molecular flexibility index (Phi) is 5.25. The van der Waals surface area contributed by atoms with Gasteiger partial charge in [-0.05, 0) is 24.6 Å². The van der Waals surface area contributed by atoms with Crippen LogP contribution in [0.25, 0.3) is 0 Å². The third kappa shape index (κ3) is 4.64. The first kappa shape index (κ1) is 16.1. The minimum Gasteiger partial charge on any atom is -0.481 e. The molecule has 0 aliphatic heterocycles. The number of sulfonamides is 1. The lowest BCUT2D eigenvalue weighted by molar-refractivity contribution is -0.141. The number of nitrogens with one attached hydrogen (secondary N) is 1. The Labute approximate surface area is 118 Å². The Morgan fingerprint density at radius 2 is 1.90 bits per heavy atom. The average Bonchev–Trinajstić information content (AvgIpc) is 2.37. The lowest BCUT2D eigenvalue weighted by Crippen LogP contribution is -2.40. The Bertz CT molecular complexity index is 617. The minimum absolute atomic E-state index is 0.255. The molecule has 7 heteroatoms. The van der Waals surface area contributed by atoms with Gasteiger partial charge in [-0.15, -0.1) is 0 Å². The summed E-state index contributed by atoms with van der Waals surface area (Å²) in [7, 11) is -3.63. The number of benzene rings is 1. The van der Waals surface area contributed by atoms with Gasteiger partial charge in [0.15, 0.2) is 0 Å². The van der Waals surface area contributed by atoms with Crippen LogP contribution in [0.1, 0.15) is 25.0 Å². The molecule has 0 amide bonds. The van der Waals surface area contributed by atoms with Crippen molar-refractivity contribution in [2.75, 3.05) is 0 Å². The second-order valence-electron chi connectivity index (χ2n) is 4.60. The molecule has 0 aliphatic rings. The van der Waals surface area contributed by atoms with Gasteiger partial charge in [-0.25, -0.2) is 13.1 Å². The third-order valence-electron chi connectivity index (χ3n) is 2.94. The highest BCUT2D eigenvalue weighted by atomic mass is 32.2. The van der Waals surface area contributed by atoms with Crippen LogP contribution in [0.15, 0.2) is 24.3 Å². The summed E-state index contributed by atoms with van der Waals surface area (Å²) < 4.78 is 26.2. The maximum absolute atomic E-state index is 11.9. The van der Waals surface area contributed by atoms with Crippen LogP contribution in [-0.4, -0.2) is 25.5 Å². The molecular weight excluding hydrogens is 280 g/mol. The quantitative estimate of drug-likeness (QED) is 0.817. The number of carbonyl (C=O) groups is 1. The molecule has 2 unspecified atom stereocenters. The van der Waals surface area contributed by atoms with Gasteiger partial charge in [0.05, 0.1) is 23.3 Å². The third-order valence-corrected chi connectivity index (χ3v) is 4.39. The van der Waals surface area contributed by atoms with Gasteiger partial charge >= 0.3 is 5.97 Å². The molecule has 6 nitrogen and oxygen atoms in total. The summed E-state index contributed by atoms with van der Waals surface area (Å²) in [4.78, 5) is 10.8. The molecule has 0 aliphatic carbocycles. The second kappa shape index (κ2) is 6.50. The highest BCUT2D eigenvalue weighted by molar-refractivity contribution is 7.88. The lowest BCUT2D eigenvalue weighted by atomic mass is 10.1. The maximum atomic E-state index is 11.9. The number of hydrogen-bond donors (Lipinski definition) is 2. The molecule has 0 heterocycles. The smallest absolute Gasteiger partial charge is 0.307 e. The van der Waals surface area contributed by atoms with Gasteiger partial charge in [0.1, 0.15) is 0 Å². The van der Waals surface area contributed by atoms with Gasteiger partial charge in [-0.3, -0.25) is 4.79 Å². The van der Waals surface area contributed by atoms with Crippen LogP contribution >= 0.6 is 0 Å². The maximum Gasteiger partial charge on any atom is 0.307 e. The van der Waals surface area contributed by atoms with Gasteiger partial charge in [0, 0.05) is 6.04 Å². The van der Waals surface area contributed by atoms with Gasteiger partial charge in [-0.1, -0.05) is 19.1 Å². The molecule has 0 fully saturated rings. The van der Waals surface area contributed by atoms with Crippen LogP contribution in [0.2, 0.25) is 0 Å². The van der Waals surface area contributed by atoms with E-state index in [9.17, 15) is 13.2 Å². The van der Waals surface area contributed by atoms with Crippen molar-refractivity contribution in [2.24, 2.45) is 5.92 Å². The molecule has 1 rings (SSSR count). The molecule has 108 valence electrons. The van der Waals surface area contributed by atoms with Crippen molar-refractivity contribution in [3.63, 3.8) is 0 Å². The fourth-order valence-electron chi connectivity index (χ4n) is 1.54. The van der Waals surface area contributed by atoms with Gasteiger partial charge in [0.25, 0.3) is 0 Å². The molecule has 0 radical (unpaired) electrons. The molecule has 0 saturated heterocycles. The van der Waals surface area contributed by atoms with E-state index in [1.807, 2.05) is 6.07 Å². The summed E-state index contributed by atoms with van der Waals surface area (Å²) in [5.41, 5.74) is 0.985. The molecule has 1 aromatic rings. The van der Waals surface area contributed by atoms with E-state index in [2.05, 4.69) is 4.72 Å². The fraction of sp³-hybridized carbons (Fsp3) is 0.385. The summed E-state index contributed by atoms with van der Waals surface area (Å²) in [6, 6.07) is 7.44. The standard InChI is InChI=1S/C13H16N2O4S/c1-9(13(16)17)10(2)15-20(18,19)8-12-5-3-11(7-14)4-6-12/h3-6,9-10,15H,8H2,1-2H3,(H,16,17). The average molecular weight is 296 g/mol. The highest BCUT2D eigenvalue weighted by Gasteiger charge is 2.24. The molecule has 0 spiro atoms. The summed E-state index contributed by atoms with van der Waals surface area (Å²) >= 11 is 0. The number of carboxylic acids is 1. The molecule has 0 bridgehead atoms. The predicted molar refractivity (Wildman–Crippen MR) is 73.2 cm³/mol. The van der Waals surface area contributed by atoms with Crippen molar-refractivity contribution in [3.8, 4) is 6.07 Å². The summed E-state index contributed by atoms with van der Waals surface area (Å²) in [6.45, 7) is 2.95. The van der Waals surface area contributed by atoms with E-state index in [1.54, 1.807) is 12.1 Å². The van der Waals surface area contributed by atoms with Crippen molar-refractivity contribution in [1.29, 1.82) is 5.26 Å². The van der Waals surface area contributed by atoms with Crippen molar-refractivity contribution < 1.29 is 18.3 Å². The zero-order valence-corrected chi connectivity index (χ0v) is 12.0. The Balaban J connectivity index is 2.74. The molecule has 1 aromatic carbocycles. The number of hydrogen-bond acceptors (Lipinski definition) is 4. The second-order valence-corrected chi connectivity index (χ2v) is 6.36. The number of rotatable bonds is 6. The van der Waals surface area contributed by atoms with Crippen molar-refractivity contribution in [2.45, 2.75) is 25.6 Å². The highest BCUT2D eigenvalue weighted by Crippen LogP contribution is 2.10. The van der Waals surface area contributed by atoms with Crippen molar-refractivity contribution in [3.05, 3.63) is 35.4 Å².